The number of hydrogen-bond acceptors (Lipinski definition) is 14. The predicted molar refractivity (Wildman–Crippen MR) is 124 cm³/mol. The summed E-state index contributed by atoms with van der Waals surface area (Å²) in [6.45, 7) is 1.51. The van der Waals surface area contributed by atoms with Gasteiger partial charge in [-0.05, 0) is 13.8 Å². The van der Waals surface area contributed by atoms with Crippen LogP contribution < -0.4 is 20.5 Å². The van der Waals surface area contributed by atoms with E-state index >= 15 is 0 Å². The Morgan fingerprint density at radius 1 is 1.24 bits per heavy atom. The minimum Gasteiger partial charge on any atom is -0.478 e. The predicted octanol–water partition coefficient (Wildman–Crippen LogP) is -2.25. The van der Waals surface area contributed by atoms with Crippen LogP contribution in [0.4, 0.5) is 19.5 Å². The van der Waals surface area contributed by atoms with E-state index in [2.05, 4.69) is 20.2 Å². The number of rotatable bonds is 8. The summed E-state index contributed by atoms with van der Waals surface area (Å²) < 4.78 is 31.4. The normalized spacial score (nSPS) is 17.8. The lowest BCUT2D eigenvalue weighted by Crippen LogP contribution is -2.68. The number of cyclic esters (lactones) is 1. The standard InChI is InChI=1S/C17H20N8O11S2/c1-17(2,12(28)29)36-21-9(8-6-37-13(18)20-8)10(26)19-7-5-25(11(7)27)15(31)23-38(33,34)22-14(30)24-3-4-35-16(24)32/h6-7H,3-5H2,1-2H3,(H2,18,20)(H,19,26)(H,22,30)(H,23,31)(H,28,29)/t7-/m0/s1. The van der Waals surface area contributed by atoms with Crippen molar-refractivity contribution < 1.29 is 51.9 Å². The number of hydrogen-bond donors (Lipinski definition) is 5. The van der Waals surface area contributed by atoms with Gasteiger partial charge in [-0.3, -0.25) is 14.5 Å². The first-order valence-corrected chi connectivity index (χ1v) is 12.6. The lowest BCUT2D eigenvalue weighted by molar-refractivity contribution is -0.161. The molecule has 19 nitrogen and oxygen atoms in total. The van der Waals surface area contributed by atoms with Gasteiger partial charge < -0.3 is 25.7 Å². The average molecular weight is 577 g/mol. The van der Waals surface area contributed by atoms with E-state index in [0.717, 1.165) is 11.3 Å². The molecule has 2 aliphatic rings. The molecule has 206 valence electrons. The fourth-order valence-corrected chi connectivity index (χ4v) is 3.97. The summed E-state index contributed by atoms with van der Waals surface area (Å²) in [7, 11) is -4.83. The summed E-state index contributed by atoms with van der Waals surface area (Å²) in [6.07, 6.45) is -1.08. The third-order valence-electron chi connectivity index (χ3n) is 4.79. The van der Waals surface area contributed by atoms with Gasteiger partial charge in [-0.2, -0.15) is 8.42 Å². The maximum absolute atomic E-state index is 12.8. The molecule has 2 saturated heterocycles. The highest BCUT2D eigenvalue weighted by molar-refractivity contribution is 7.88. The molecular formula is C17H20N8O11S2. The molecule has 0 bridgehead atoms. The van der Waals surface area contributed by atoms with Crippen molar-refractivity contribution in [2.75, 3.05) is 25.4 Å². The number of urea groups is 2. The van der Waals surface area contributed by atoms with Crippen LogP contribution in [0.3, 0.4) is 0 Å². The van der Waals surface area contributed by atoms with Crippen LogP contribution in [0.1, 0.15) is 19.5 Å². The summed E-state index contributed by atoms with van der Waals surface area (Å²) in [5.41, 5.74) is 3.13. The van der Waals surface area contributed by atoms with Crippen LogP contribution in [0.5, 0.6) is 0 Å². The number of oxime groups is 1. The number of aromatic nitrogens is 1. The summed E-state index contributed by atoms with van der Waals surface area (Å²) in [6, 6.07) is -4.13. The van der Waals surface area contributed by atoms with Crippen molar-refractivity contribution in [2.45, 2.75) is 25.5 Å². The van der Waals surface area contributed by atoms with E-state index < -0.39 is 70.0 Å². The molecule has 3 heterocycles. The van der Waals surface area contributed by atoms with Gasteiger partial charge in [-0.25, -0.2) is 38.5 Å². The van der Waals surface area contributed by atoms with E-state index in [-0.39, 0.29) is 24.0 Å². The summed E-state index contributed by atoms with van der Waals surface area (Å²) in [5.74, 6) is -3.45. The lowest BCUT2D eigenvalue weighted by Gasteiger charge is -2.36. The summed E-state index contributed by atoms with van der Waals surface area (Å²) in [5, 5.41) is 16.3. The zero-order valence-electron chi connectivity index (χ0n) is 19.5. The number of carbonyl (C=O) groups is 6. The molecule has 0 aliphatic carbocycles. The number of amides is 7. The maximum Gasteiger partial charge on any atom is 0.418 e. The monoisotopic (exact) mass is 576 g/mol. The van der Waals surface area contributed by atoms with Crippen molar-refractivity contribution >= 4 is 68.3 Å². The van der Waals surface area contributed by atoms with E-state index in [1.165, 1.54) is 28.7 Å². The van der Waals surface area contributed by atoms with Crippen molar-refractivity contribution in [3.63, 3.8) is 0 Å². The second-order valence-electron chi connectivity index (χ2n) is 7.98. The maximum atomic E-state index is 12.8. The number of imide groups is 2. The van der Waals surface area contributed by atoms with Crippen LogP contribution in [0.15, 0.2) is 10.5 Å². The van der Waals surface area contributed by atoms with Gasteiger partial charge in [0.05, 0.1) is 13.1 Å². The second-order valence-corrected chi connectivity index (χ2v) is 10.3. The van der Waals surface area contributed by atoms with Crippen LogP contribution >= 0.6 is 11.3 Å². The largest absolute Gasteiger partial charge is 0.478 e. The molecule has 2 fully saturated rings. The molecule has 21 heteroatoms. The number of nitrogen functional groups attached to an aromatic ring is 1. The number of nitrogens with one attached hydrogen (secondary N) is 3. The Bertz CT molecular complexity index is 1340. The molecule has 0 spiro atoms. The molecule has 1 atom stereocenters. The smallest absolute Gasteiger partial charge is 0.418 e. The van der Waals surface area contributed by atoms with Gasteiger partial charge in [0.1, 0.15) is 18.3 Å². The van der Waals surface area contributed by atoms with Crippen LogP contribution in [-0.2, 0) is 34.2 Å². The summed E-state index contributed by atoms with van der Waals surface area (Å²) >= 11 is 0.941. The van der Waals surface area contributed by atoms with Crippen LogP contribution in [0.2, 0.25) is 0 Å². The van der Waals surface area contributed by atoms with E-state index in [4.69, 9.17) is 15.7 Å². The number of nitrogens with two attached hydrogens (primary N) is 1. The van der Waals surface area contributed by atoms with Gasteiger partial charge in [-0.1, -0.05) is 5.16 Å². The molecule has 0 aromatic carbocycles. The number of carboxylic acids is 1. The quantitative estimate of drug-likeness (QED) is 0.124. The van der Waals surface area contributed by atoms with Crippen molar-refractivity contribution in [1.82, 2.24) is 29.5 Å². The number of carbonyl (C=O) groups excluding carboxylic acids is 5. The number of carboxylic acid groups (broad SMARTS) is 1. The Balaban J connectivity index is 1.61. The first-order chi connectivity index (χ1) is 17.6. The average Bonchev–Trinajstić information content (AvgIpc) is 3.43. The second kappa shape index (κ2) is 10.5. The zero-order valence-corrected chi connectivity index (χ0v) is 21.1. The van der Waals surface area contributed by atoms with Gasteiger partial charge in [-0.15, -0.1) is 11.3 Å². The lowest BCUT2D eigenvalue weighted by atomic mass is 10.1. The zero-order chi connectivity index (χ0) is 28.4. The third-order valence-corrected chi connectivity index (χ3v) is 6.35. The number of ether oxygens (including phenoxy) is 1. The van der Waals surface area contributed by atoms with Gasteiger partial charge in [0, 0.05) is 5.38 Å². The highest BCUT2D eigenvalue weighted by Crippen LogP contribution is 2.17. The molecule has 2 aliphatic heterocycles. The Labute approximate surface area is 217 Å². The SMILES string of the molecule is CC(C)(ON=C(C(=O)N[C@H]1CN(C(=O)NS(=O)(=O)NC(=O)N2CCOC2=O)C1=O)c1csc(N)n1)C(=O)O. The van der Waals surface area contributed by atoms with Gasteiger partial charge in [0.2, 0.25) is 5.60 Å². The molecule has 7 amide bonds. The van der Waals surface area contributed by atoms with Crippen molar-refractivity contribution in [1.29, 1.82) is 0 Å². The van der Waals surface area contributed by atoms with E-state index in [1.807, 2.05) is 0 Å². The van der Waals surface area contributed by atoms with Gasteiger partial charge in [0.15, 0.2) is 10.8 Å². The third kappa shape index (κ3) is 6.23. The number of thiazole rings is 1. The first kappa shape index (κ1) is 28.0. The summed E-state index contributed by atoms with van der Waals surface area (Å²) in [4.78, 5) is 81.5. The molecule has 38 heavy (non-hydrogen) atoms. The molecule has 0 unspecified atom stereocenters. The van der Waals surface area contributed by atoms with Crippen molar-refractivity contribution in [2.24, 2.45) is 5.16 Å². The molecule has 0 radical (unpaired) electrons. The Morgan fingerprint density at radius 3 is 2.37 bits per heavy atom. The van der Waals surface area contributed by atoms with Gasteiger partial charge >= 0.3 is 34.3 Å². The molecule has 1 aromatic heterocycles. The van der Waals surface area contributed by atoms with Crippen molar-refractivity contribution in [3.05, 3.63) is 11.1 Å². The highest BCUT2D eigenvalue weighted by Gasteiger charge is 2.44. The molecule has 6 N–H and O–H groups in total. The first-order valence-electron chi connectivity index (χ1n) is 10.3. The fraction of sp³-hybridized carbons (Fsp3) is 0.412. The number of anilines is 1. The van der Waals surface area contributed by atoms with E-state index in [0.29, 0.717) is 9.80 Å². The van der Waals surface area contributed by atoms with Crippen molar-refractivity contribution in [3.8, 4) is 0 Å². The van der Waals surface area contributed by atoms with Gasteiger partial charge in [0.25, 0.3) is 11.8 Å². The minimum atomic E-state index is -4.83. The Morgan fingerprint density at radius 2 is 1.87 bits per heavy atom. The number of nitrogens with zero attached hydrogens (tertiary/aromatic N) is 4. The van der Waals surface area contributed by atoms with Crippen LogP contribution in [-0.4, -0.2) is 101 Å². The number of likely N-dealkylation sites (tertiary alicyclic amines) is 1. The van der Waals surface area contributed by atoms with Crippen LogP contribution in [0.25, 0.3) is 0 Å². The highest BCUT2D eigenvalue weighted by atomic mass is 32.2. The molecule has 3 rings (SSSR count). The Kier molecular flexibility index (Phi) is 7.71. The number of β-lactam (4-membered cyclic amide) rings is 1. The Hall–Kier alpha value is -4.53. The molecular weight excluding hydrogens is 556 g/mol. The fourth-order valence-electron chi connectivity index (χ4n) is 2.69. The van der Waals surface area contributed by atoms with E-state index in [9.17, 15) is 37.2 Å². The van der Waals surface area contributed by atoms with E-state index in [1.54, 1.807) is 0 Å². The minimum absolute atomic E-state index is 0.0514. The molecule has 1 aromatic rings. The molecule has 0 saturated carbocycles. The van der Waals surface area contributed by atoms with Crippen LogP contribution in [0, 0.1) is 0 Å². The number of aliphatic carboxylic acids is 1. The topological polar surface area (TPSA) is 269 Å².